The van der Waals surface area contributed by atoms with E-state index in [-0.39, 0.29) is 0 Å². The molecule has 1 aromatic rings. The van der Waals surface area contributed by atoms with E-state index in [4.69, 9.17) is 10.5 Å². The molecule has 0 amide bonds. The topological polar surface area (TPSA) is 50.5 Å². The van der Waals surface area contributed by atoms with E-state index in [1.54, 1.807) is 7.11 Å². The van der Waals surface area contributed by atoms with Gasteiger partial charge in [-0.15, -0.1) is 0 Å². The standard InChI is InChI=1S/C14H23N3O/c1-11(17-7-3-4-8-17)10-16-14-9-12(18-2)5-6-13(14)15/h5-6,9,11,16H,3-4,7-8,10,15H2,1-2H3. The molecule has 1 aliphatic rings. The molecule has 0 aromatic heterocycles. The number of nitrogen functional groups attached to an aromatic ring is 1. The lowest BCUT2D eigenvalue weighted by atomic mass is 10.2. The molecule has 1 saturated heterocycles. The highest BCUT2D eigenvalue weighted by atomic mass is 16.5. The van der Waals surface area contributed by atoms with Crippen molar-refractivity contribution in [3.63, 3.8) is 0 Å². The second-order valence-electron chi connectivity index (χ2n) is 4.93. The van der Waals surface area contributed by atoms with Crippen molar-refractivity contribution in [2.75, 3.05) is 37.8 Å². The maximum absolute atomic E-state index is 5.95. The summed E-state index contributed by atoms with van der Waals surface area (Å²) in [6.07, 6.45) is 2.65. The molecular weight excluding hydrogens is 226 g/mol. The molecule has 1 aliphatic heterocycles. The molecule has 0 radical (unpaired) electrons. The van der Waals surface area contributed by atoms with Crippen LogP contribution in [0.15, 0.2) is 18.2 Å². The van der Waals surface area contributed by atoms with Crippen LogP contribution in [0.2, 0.25) is 0 Å². The smallest absolute Gasteiger partial charge is 0.121 e. The number of benzene rings is 1. The number of nitrogens with two attached hydrogens (primary N) is 1. The van der Waals surface area contributed by atoms with E-state index >= 15 is 0 Å². The van der Waals surface area contributed by atoms with Crippen LogP contribution in [0.25, 0.3) is 0 Å². The van der Waals surface area contributed by atoms with Crippen LogP contribution in [0.3, 0.4) is 0 Å². The molecule has 4 nitrogen and oxygen atoms in total. The number of nitrogens with one attached hydrogen (secondary N) is 1. The van der Waals surface area contributed by atoms with Crippen molar-refractivity contribution in [3.8, 4) is 5.75 Å². The first kappa shape index (κ1) is 13.0. The zero-order valence-electron chi connectivity index (χ0n) is 11.3. The van der Waals surface area contributed by atoms with Crippen LogP contribution in [-0.2, 0) is 0 Å². The van der Waals surface area contributed by atoms with Crippen LogP contribution in [0.5, 0.6) is 5.75 Å². The van der Waals surface area contributed by atoms with Crippen molar-refractivity contribution < 1.29 is 4.74 Å². The van der Waals surface area contributed by atoms with Crippen molar-refractivity contribution in [2.24, 2.45) is 0 Å². The molecule has 1 aromatic carbocycles. The van der Waals surface area contributed by atoms with Crippen molar-refractivity contribution in [3.05, 3.63) is 18.2 Å². The van der Waals surface area contributed by atoms with Crippen molar-refractivity contribution in [2.45, 2.75) is 25.8 Å². The lowest BCUT2D eigenvalue weighted by molar-refractivity contribution is 0.269. The van der Waals surface area contributed by atoms with Crippen molar-refractivity contribution in [1.82, 2.24) is 4.90 Å². The second-order valence-corrected chi connectivity index (χ2v) is 4.93. The Morgan fingerprint density at radius 1 is 1.39 bits per heavy atom. The quantitative estimate of drug-likeness (QED) is 0.785. The molecule has 18 heavy (non-hydrogen) atoms. The highest BCUT2D eigenvalue weighted by Gasteiger charge is 2.17. The molecule has 1 fully saturated rings. The number of methoxy groups -OCH3 is 1. The van der Waals surface area contributed by atoms with Crippen LogP contribution in [0, 0.1) is 0 Å². The average Bonchev–Trinajstić information content (AvgIpc) is 2.91. The zero-order valence-corrected chi connectivity index (χ0v) is 11.3. The molecule has 2 rings (SSSR count). The summed E-state index contributed by atoms with van der Waals surface area (Å²) in [7, 11) is 1.67. The maximum Gasteiger partial charge on any atom is 0.121 e. The van der Waals surface area contributed by atoms with Gasteiger partial charge in [-0.2, -0.15) is 0 Å². The van der Waals surface area contributed by atoms with Gasteiger partial charge in [-0.1, -0.05) is 0 Å². The molecule has 3 N–H and O–H groups in total. The second kappa shape index (κ2) is 5.96. The molecule has 0 aliphatic carbocycles. The van der Waals surface area contributed by atoms with Gasteiger partial charge in [-0.25, -0.2) is 0 Å². The lowest BCUT2D eigenvalue weighted by Crippen LogP contribution is -2.35. The molecule has 100 valence electrons. The fourth-order valence-electron chi connectivity index (χ4n) is 2.38. The Morgan fingerprint density at radius 3 is 2.78 bits per heavy atom. The molecule has 1 atom stereocenters. The van der Waals surface area contributed by atoms with Crippen LogP contribution in [0.4, 0.5) is 11.4 Å². The van der Waals surface area contributed by atoms with Crippen LogP contribution >= 0.6 is 0 Å². The summed E-state index contributed by atoms with van der Waals surface area (Å²) in [4.78, 5) is 2.52. The maximum atomic E-state index is 5.95. The van der Waals surface area contributed by atoms with E-state index in [0.29, 0.717) is 6.04 Å². The Balaban J connectivity index is 1.92. The van der Waals surface area contributed by atoms with Gasteiger partial charge in [0.05, 0.1) is 18.5 Å². The number of likely N-dealkylation sites (tertiary alicyclic amines) is 1. The van der Waals surface area contributed by atoms with E-state index in [1.165, 1.54) is 25.9 Å². The minimum absolute atomic E-state index is 0.540. The molecule has 1 unspecified atom stereocenters. The Kier molecular flexibility index (Phi) is 4.31. The third-order valence-electron chi connectivity index (χ3n) is 3.61. The summed E-state index contributed by atoms with van der Waals surface area (Å²) in [5, 5.41) is 3.42. The van der Waals surface area contributed by atoms with E-state index in [2.05, 4.69) is 17.1 Å². The third-order valence-corrected chi connectivity index (χ3v) is 3.61. The van der Waals surface area contributed by atoms with Gasteiger partial charge in [0.15, 0.2) is 0 Å². The Labute approximate surface area is 109 Å². The van der Waals surface area contributed by atoms with Gasteiger partial charge >= 0.3 is 0 Å². The highest BCUT2D eigenvalue weighted by Crippen LogP contribution is 2.24. The van der Waals surface area contributed by atoms with Gasteiger partial charge in [-0.05, 0) is 45.0 Å². The molecule has 0 spiro atoms. The number of rotatable bonds is 5. The van der Waals surface area contributed by atoms with Gasteiger partial charge < -0.3 is 15.8 Å². The van der Waals surface area contributed by atoms with Gasteiger partial charge in [0, 0.05) is 18.7 Å². The van der Waals surface area contributed by atoms with Gasteiger partial charge in [0.25, 0.3) is 0 Å². The summed E-state index contributed by atoms with van der Waals surface area (Å²) in [5.41, 5.74) is 7.68. The van der Waals surface area contributed by atoms with E-state index in [1.807, 2.05) is 18.2 Å². The monoisotopic (exact) mass is 249 g/mol. The van der Waals surface area contributed by atoms with Crippen LogP contribution in [0.1, 0.15) is 19.8 Å². The zero-order chi connectivity index (χ0) is 13.0. The summed E-state index contributed by atoms with van der Waals surface area (Å²) in [5.74, 6) is 0.834. The Hall–Kier alpha value is -1.42. The first-order valence-electron chi connectivity index (χ1n) is 6.62. The fourth-order valence-corrected chi connectivity index (χ4v) is 2.38. The van der Waals surface area contributed by atoms with E-state index in [9.17, 15) is 0 Å². The summed E-state index contributed by atoms with van der Waals surface area (Å²) in [6, 6.07) is 6.25. The van der Waals surface area contributed by atoms with Gasteiger partial charge in [0.1, 0.15) is 5.75 Å². The number of hydrogen-bond acceptors (Lipinski definition) is 4. The lowest BCUT2D eigenvalue weighted by Gasteiger charge is -2.24. The van der Waals surface area contributed by atoms with Crippen molar-refractivity contribution >= 4 is 11.4 Å². The normalized spacial score (nSPS) is 17.7. The molecule has 0 bridgehead atoms. The predicted octanol–water partition coefficient (Wildman–Crippen LogP) is 2.17. The van der Waals surface area contributed by atoms with E-state index in [0.717, 1.165) is 23.7 Å². The largest absolute Gasteiger partial charge is 0.497 e. The molecule has 4 heteroatoms. The number of nitrogens with zero attached hydrogens (tertiary/aromatic N) is 1. The Morgan fingerprint density at radius 2 is 2.11 bits per heavy atom. The van der Waals surface area contributed by atoms with Gasteiger partial charge in [-0.3, -0.25) is 4.90 Å². The molecule has 0 saturated carbocycles. The number of anilines is 2. The summed E-state index contributed by atoms with van der Waals surface area (Å²) >= 11 is 0. The molecular formula is C14H23N3O. The minimum Gasteiger partial charge on any atom is -0.497 e. The average molecular weight is 249 g/mol. The van der Waals surface area contributed by atoms with Gasteiger partial charge in [0.2, 0.25) is 0 Å². The minimum atomic E-state index is 0.540. The van der Waals surface area contributed by atoms with Crippen molar-refractivity contribution in [1.29, 1.82) is 0 Å². The SMILES string of the molecule is COc1ccc(N)c(NCC(C)N2CCCC2)c1. The number of hydrogen-bond donors (Lipinski definition) is 2. The van der Waals surface area contributed by atoms with Crippen LogP contribution in [-0.4, -0.2) is 37.7 Å². The third kappa shape index (κ3) is 3.07. The summed E-state index contributed by atoms with van der Waals surface area (Å²) < 4.78 is 5.21. The first-order valence-corrected chi connectivity index (χ1v) is 6.62. The predicted molar refractivity (Wildman–Crippen MR) is 76.2 cm³/mol. The van der Waals surface area contributed by atoms with E-state index < -0.39 is 0 Å². The summed E-state index contributed by atoms with van der Waals surface area (Å²) in [6.45, 7) is 5.61. The molecule has 1 heterocycles. The Bertz CT molecular complexity index is 389. The number of ether oxygens (including phenoxy) is 1. The van der Waals surface area contributed by atoms with Crippen LogP contribution < -0.4 is 15.8 Å². The first-order chi connectivity index (χ1) is 8.70. The fraction of sp³-hybridized carbons (Fsp3) is 0.571. The highest BCUT2D eigenvalue weighted by molar-refractivity contribution is 5.68.